The highest BCUT2D eigenvalue weighted by molar-refractivity contribution is 5.96. The molecule has 6 bridgehead atoms. The Balaban J connectivity index is 1.19. The number of carbonyl (C=O) groups is 1. The van der Waals surface area contributed by atoms with Gasteiger partial charge in [0, 0.05) is 41.6 Å². The smallest absolute Gasteiger partial charge is 0.360 e. The van der Waals surface area contributed by atoms with Crippen LogP contribution in [0.3, 0.4) is 0 Å². The lowest BCUT2D eigenvalue weighted by Gasteiger charge is -2.37. The summed E-state index contributed by atoms with van der Waals surface area (Å²) in [6, 6.07) is 29.9. The van der Waals surface area contributed by atoms with E-state index in [1.807, 2.05) is 54.6 Å². The first kappa shape index (κ1) is 35.7. The quantitative estimate of drug-likeness (QED) is 0.137. The van der Waals surface area contributed by atoms with Crippen molar-refractivity contribution in [2.24, 2.45) is 0 Å². The predicted molar refractivity (Wildman–Crippen MR) is 214 cm³/mol. The second-order valence-corrected chi connectivity index (χ2v) is 14.9. The molecule has 286 valence electrons. The highest BCUT2D eigenvalue weighted by Gasteiger charge is 2.35. The van der Waals surface area contributed by atoms with Crippen LogP contribution in [0.5, 0.6) is 46.0 Å². The van der Waals surface area contributed by atoms with E-state index in [9.17, 15) is 4.79 Å². The number of aromatic nitrogens is 1. The molecule has 5 heterocycles. The lowest BCUT2D eigenvalue weighted by molar-refractivity contribution is 0.0725. The molecule has 10 rings (SSSR count). The Morgan fingerprint density at radius 2 is 1.39 bits per heavy atom. The number of hydrogen-bond donors (Lipinski definition) is 1. The van der Waals surface area contributed by atoms with E-state index in [2.05, 4.69) is 59.2 Å². The third-order valence-electron chi connectivity index (χ3n) is 11.6. The number of fused-ring (bicyclic) bond motifs is 3. The fraction of sp³-hybridized carbons (Fsp3) is 0.283. The topological polar surface area (TPSA) is 94.7 Å². The van der Waals surface area contributed by atoms with Crippen molar-refractivity contribution < 1.29 is 33.2 Å². The number of carbonyl (C=O) groups excluding carboxylic acids is 1. The molecule has 0 unspecified atom stereocenters. The molecule has 0 radical (unpaired) electrons. The summed E-state index contributed by atoms with van der Waals surface area (Å²) in [7, 11) is 9.31. The second-order valence-electron chi connectivity index (χ2n) is 14.9. The average Bonchev–Trinajstić information content (AvgIpc) is 3.66. The summed E-state index contributed by atoms with van der Waals surface area (Å²) in [5.74, 6) is 3.95. The zero-order valence-electron chi connectivity index (χ0n) is 32.3. The van der Waals surface area contributed by atoms with Crippen molar-refractivity contribution in [2.45, 2.75) is 37.8 Å². The second kappa shape index (κ2) is 14.6. The van der Waals surface area contributed by atoms with Gasteiger partial charge in [-0.05, 0) is 122 Å². The average molecular weight is 752 g/mol. The van der Waals surface area contributed by atoms with Gasteiger partial charge in [-0.3, -0.25) is 9.80 Å². The molecule has 10 heteroatoms. The number of methoxy groups -OCH3 is 3. The third kappa shape index (κ3) is 6.48. The summed E-state index contributed by atoms with van der Waals surface area (Å²) in [5, 5.41) is 0.932. The minimum absolute atomic E-state index is 0.102. The Morgan fingerprint density at radius 1 is 0.696 bits per heavy atom. The minimum Gasteiger partial charge on any atom is -0.493 e. The molecule has 4 aliphatic rings. The summed E-state index contributed by atoms with van der Waals surface area (Å²) < 4.78 is 37.7. The van der Waals surface area contributed by atoms with Gasteiger partial charge in [0.1, 0.15) is 11.4 Å². The zero-order valence-corrected chi connectivity index (χ0v) is 32.3. The number of H-pyrrole nitrogens is 1. The van der Waals surface area contributed by atoms with Crippen LogP contribution in [-0.4, -0.2) is 69.3 Å². The van der Waals surface area contributed by atoms with Crippen LogP contribution < -0.4 is 28.4 Å². The highest BCUT2D eigenvalue weighted by atomic mass is 16.6. The summed E-state index contributed by atoms with van der Waals surface area (Å²) in [6.07, 6.45) is 3.10. The number of esters is 1. The van der Waals surface area contributed by atoms with Gasteiger partial charge < -0.3 is 33.4 Å². The van der Waals surface area contributed by atoms with Crippen LogP contribution in [0, 0.1) is 0 Å². The minimum atomic E-state index is -0.498. The van der Waals surface area contributed by atoms with Crippen molar-refractivity contribution in [3.05, 3.63) is 130 Å². The number of ether oxygens (including phenoxy) is 6. The van der Waals surface area contributed by atoms with Crippen LogP contribution in [0.1, 0.15) is 56.0 Å². The van der Waals surface area contributed by atoms with Gasteiger partial charge in [0.15, 0.2) is 34.5 Å². The van der Waals surface area contributed by atoms with Gasteiger partial charge in [-0.1, -0.05) is 36.4 Å². The fourth-order valence-corrected chi connectivity index (χ4v) is 8.53. The number of para-hydroxylation sites is 1. The fourth-order valence-electron chi connectivity index (χ4n) is 8.53. The Labute approximate surface area is 326 Å². The van der Waals surface area contributed by atoms with Crippen LogP contribution in [0.15, 0.2) is 91.0 Å². The molecule has 1 aromatic heterocycles. The third-order valence-corrected chi connectivity index (χ3v) is 11.6. The van der Waals surface area contributed by atoms with Gasteiger partial charge in [-0.2, -0.15) is 0 Å². The Hall–Kier alpha value is -5.97. The number of nitrogens with zero attached hydrogens (tertiary/aromatic N) is 2. The Kier molecular flexibility index (Phi) is 9.31. The zero-order chi connectivity index (χ0) is 38.5. The van der Waals surface area contributed by atoms with Gasteiger partial charge >= 0.3 is 5.97 Å². The first-order valence-electron chi connectivity index (χ1n) is 19.1. The van der Waals surface area contributed by atoms with E-state index in [-0.39, 0.29) is 12.1 Å². The predicted octanol–water partition coefficient (Wildman–Crippen LogP) is 8.85. The van der Waals surface area contributed by atoms with Gasteiger partial charge in [-0.25, -0.2) is 4.79 Å². The largest absolute Gasteiger partial charge is 0.493 e. The van der Waals surface area contributed by atoms with E-state index in [4.69, 9.17) is 28.4 Å². The van der Waals surface area contributed by atoms with Crippen molar-refractivity contribution in [3.8, 4) is 46.0 Å². The van der Waals surface area contributed by atoms with Crippen LogP contribution in [0.25, 0.3) is 10.9 Å². The summed E-state index contributed by atoms with van der Waals surface area (Å²) in [4.78, 5) is 21.5. The number of likely N-dealkylation sites (N-methyl/N-ethyl adjacent to an activating group) is 2. The molecule has 0 aliphatic carbocycles. The van der Waals surface area contributed by atoms with Crippen molar-refractivity contribution in [1.82, 2.24) is 14.8 Å². The molecule has 4 aliphatic heterocycles. The normalized spacial score (nSPS) is 17.9. The maximum Gasteiger partial charge on any atom is 0.360 e. The molecule has 10 nitrogen and oxygen atoms in total. The number of rotatable bonds is 5. The molecule has 0 fully saturated rings. The lowest BCUT2D eigenvalue weighted by atomic mass is 9.87. The molecule has 2 atom stereocenters. The molecule has 1 N–H and O–H groups in total. The van der Waals surface area contributed by atoms with Crippen molar-refractivity contribution >= 4 is 16.9 Å². The van der Waals surface area contributed by atoms with Gasteiger partial charge in [0.2, 0.25) is 5.75 Å². The van der Waals surface area contributed by atoms with E-state index in [0.29, 0.717) is 58.1 Å². The molecule has 56 heavy (non-hydrogen) atoms. The lowest BCUT2D eigenvalue weighted by Crippen LogP contribution is -2.34. The van der Waals surface area contributed by atoms with Crippen molar-refractivity contribution in [3.63, 3.8) is 0 Å². The molecular weight excluding hydrogens is 707 g/mol. The van der Waals surface area contributed by atoms with Crippen molar-refractivity contribution in [1.29, 1.82) is 0 Å². The number of hydrogen-bond acceptors (Lipinski definition) is 9. The van der Waals surface area contributed by atoms with E-state index in [1.54, 1.807) is 27.4 Å². The van der Waals surface area contributed by atoms with Gasteiger partial charge in [-0.15, -0.1) is 0 Å². The van der Waals surface area contributed by atoms with Crippen LogP contribution in [0.4, 0.5) is 0 Å². The molecule has 5 aromatic carbocycles. The summed E-state index contributed by atoms with van der Waals surface area (Å²) in [5.41, 5.74) is 7.99. The van der Waals surface area contributed by atoms with Crippen LogP contribution in [-0.2, 0) is 25.7 Å². The Bertz CT molecular complexity index is 2420. The SMILES string of the molecule is COc1cc2c3cc1Oc1c(OC)c(OC)cc4c1[C@@H](Cc1ccc(OC(=O)c5cc6ccccc6[nH]5)c(c1)Oc1ccc(cc1)C[C@@H]3N(C)CC2)N(C)CC4. The van der Waals surface area contributed by atoms with E-state index >= 15 is 0 Å². The molecule has 0 saturated carbocycles. The highest BCUT2D eigenvalue weighted by Crippen LogP contribution is 2.52. The molecule has 6 aromatic rings. The number of aromatic amines is 1. The molecule has 0 saturated heterocycles. The number of nitrogens with one attached hydrogen (secondary N) is 1. The van der Waals surface area contributed by atoms with Crippen LogP contribution in [0.2, 0.25) is 0 Å². The van der Waals surface area contributed by atoms with Gasteiger partial charge in [0.25, 0.3) is 0 Å². The monoisotopic (exact) mass is 751 g/mol. The van der Waals surface area contributed by atoms with Crippen molar-refractivity contribution in [2.75, 3.05) is 48.5 Å². The molecule has 0 spiro atoms. The summed E-state index contributed by atoms with van der Waals surface area (Å²) in [6.45, 7) is 1.75. The molecular formula is C46H45N3O7. The molecule has 0 amide bonds. The van der Waals surface area contributed by atoms with E-state index in [0.717, 1.165) is 65.5 Å². The van der Waals surface area contributed by atoms with E-state index < -0.39 is 5.97 Å². The maximum absolute atomic E-state index is 13.6. The Morgan fingerprint density at radius 3 is 2.16 bits per heavy atom. The first-order chi connectivity index (χ1) is 27.3. The summed E-state index contributed by atoms with van der Waals surface area (Å²) >= 11 is 0. The first-order valence-corrected chi connectivity index (χ1v) is 19.1. The maximum atomic E-state index is 13.6. The van der Waals surface area contributed by atoms with Crippen LogP contribution >= 0.6 is 0 Å². The standard InChI is InChI=1S/C46H45N3O7/c1-48-18-16-29-24-39(51-3)41-26-33(29)36(48)20-27-10-13-32(14-11-27)54-40-22-28(12-15-38(40)56-46(50)35-23-30-8-6-7-9-34(30)47-35)21-37-43-31(17-19-49(37)2)25-42(52-4)44(53-5)45(43)55-41/h6-15,22-26,36-37,47H,16-21H2,1-5H3/t36-,37+/m0/s1. The number of benzene rings is 5. The van der Waals surface area contributed by atoms with Gasteiger partial charge in [0.05, 0.1) is 21.3 Å². The van der Waals surface area contributed by atoms with E-state index in [1.165, 1.54) is 11.1 Å².